The van der Waals surface area contributed by atoms with Crippen LogP contribution in [0.2, 0.25) is 0 Å². The van der Waals surface area contributed by atoms with Crippen molar-refractivity contribution in [1.29, 1.82) is 0 Å². The highest BCUT2D eigenvalue weighted by Gasteiger charge is 2.01. The molecule has 0 spiro atoms. The lowest BCUT2D eigenvalue weighted by Crippen LogP contribution is -2.11. The van der Waals surface area contributed by atoms with Crippen LogP contribution in [0.15, 0.2) is 24.4 Å². The van der Waals surface area contributed by atoms with Crippen molar-refractivity contribution in [2.45, 2.75) is 20.0 Å². The summed E-state index contributed by atoms with van der Waals surface area (Å²) in [6.45, 7) is 3.62. The van der Waals surface area contributed by atoms with E-state index in [4.69, 9.17) is 10.5 Å². The smallest absolute Gasteiger partial charge is 0.180 e. The molecule has 3 N–H and O–H groups in total. The van der Waals surface area contributed by atoms with E-state index < -0.39 is 0 Å². The molecule has 1 aromatic heterocycles. The maximum absolute atomic E-state index is 5.58. The maximum Gasteiger partial charge on any atom is 0.180 e. The fourth-order valence-corrected chi connectivity index (χ4v) is 2.36. The van der Waals surface area contributed by atoms with Gasteiger partial charge >= 0.3 is 0 Å². The van der Waals surface area contributed by atoms with E-state index in [1.54, 1.807) is 7.11 Å². The van der Waals surface area contributed by atoms with Crippen molar-refractivity contribution in [2.24, 2.45) is 0 Å². The van der Waals surface area contributed by atoms with E-state index in [1.165, 1.54) is 16.9 Å². The Hall–Kier alpha value is -1.30. The third kappa shape index (κ3) is 4.38. The number of nitrogens with zero attached hydrogens (tertiary/aromatic N) is 1. The topological polar surface area (TPSA) is 60.2 Å². The largest absolute Gasteiger partial charge is 0.496 e. The van der Waals surface area contributed by atoms with Crippen molar-refractivity contribution in [3.05, 3.63) is 40.4 Å². The lowest BCUT2D eigenvalue weighted by atomic mass is 10.1. The SMILES string of the molecule is COc1cc(CNCc2cnc(N)s2)ccc1C.Cl. The summed E-state index contributed by atoms with van der Waals surface area (Å²) in [5, 5.41) is 3.98. The summed E-state index contributed by atoms with van der Waals surface area (Å²) in [5.41, 5.74) is 7.93. The normalized spacial score (nSPS) is 10.0. The molecule has 4 nitrogen and oxygen atoms in total. The zero-order valence-corrected chi connectivity index (χ0v) is 12.6. The van der Waals surface area contributed by atoms with E-state index in [1.807, 2.05) is 13.1 Å². The fourth-order valence-electron chi connectivity index (χ4n) is 1.71. The van der Waals surface area contributed by atoms with Crippen LogP contribution in [-0.4, -0.2) is 12.1 Å². The zero-order valence-electron chi connectivity index (χ0n) is 11.0. The number of aryl methyl sites for hydroxylation is 1. The first-order chi connectivity index (χ1) is 8.69. The predicted molar refractivity (Wildman–Crippen MR) is 82.0 cm³/mol. The average Bonchev–Trinajstić information content (AvgIpc) is 2.77. The van der Waals surface area contributed by atoms with Crippen LogP contribution in [0, 0.1) is 6.92 Å². The minimum Gasteiger partial charge on any atom is -0.496 e. The molecule has 0 unspecified atom stereocenters. The molecule has 0 amide bonds. The lowest BCUT2D eigenvalue weighted by molar-refractivity contribution is 0.411. The van der Waals surface area contributed by atoms with Gasteiger partial charge in [-0.25, -0.2) is 4.98 Å². The molecule has 104 valence electrons. The van der Waals surface area contributed by atoms with Gasteiger partial charge in [0.25, 0.3) is 0 Å². The number of aromatic nitrogens is 1. The van der Waals surface area contributed by atoms with E-state index in [0.29, 0.717) is 5.13 Å². The van der Waals surface area contributed by atoms with Gasteiger partial charge in [-0.05, 0) is 24.1 Å². The predicted octanol–water partition coefficient (Wildman–Crippen LogP) is 2.75. The molecule has 2 aromatic rings. The quantitative estimate of drug-likeness (QED) is 0.891. The average molecular weight is 300 g/mol. The van der Waals surface area contributed by atoms with E-state index in [-0.39, 0.29) is 12.4 Å². The van der Waals surface area contributed by atoms with E-state index >= 15 is 0 Å². The zero-order chi connectivity index (χ0) is 13.0. The van der Waals surface area contributed by atoms with Crippen molar-refractivity contribution in [1.82, 2.24) is 10.3 Å². The number of rotatable bonds is 5. The fraction of sp³-hybridized carbons (Fsp3) is 0.308. The highest BCUT2D eigenvalue weighted by molar-refractivity contribution is 7.15. The van der Waals surface area contributed by atoms with Gasteiger partial charge in [-0.2, -0.15) is 0 Å². The molecule has 0 aliphatic rings. The van der Waals surface area contributed by atoms with Crippen LogP contribution in [0.3, 0.4) is 0 Å². The highest BCUT2D eigenvalue weighted by atomic mass is 35.5. The molecule has 0 fully saturated rings. The number of thiazole rings is 1. The van der Waals surface area contributed by atoms with Crippen molar-refractivity contribution in [3.63, 3.8) is 0 Å². The number of benzene rings is 1. The Bertz CT molecular complexity index is 530. The van der Waals surface area contributed by atoms with E-state index in [0.717, 1.165) is 29.3 Å². The van der Waals surface area contributed by atoms with Crippen molar-refractivity contribution in [3.8, 4) is 5.75 Å². The van der Waals surface area contributed by atoms with Gasteiger partial charge in [0.2, 0.25) is 0 Å². The molecule has 1 aromatic carbocycles. The molecule has 6 heteroatoms. The van der Waals surface area contributed by atoms with Crippen LogP contribution in [0.25, 0.3) is 0 Å². The number of hydrogen-bond donors (Lipinski definition) is 2. The standard InChI is InChI=1S/C13H17N3OS.ClH/c1-9-3-4-10(5-12(9)17-2)6-15-7-11-8-16-13(14)18-11;/h3-5,8,15H,6-7H2,1-2H3,(H2,14,16);1H. The number of anilines is 1. The van der Waals surface area contributed by atoms with Crippen LogP contribution >= 0.6 is 23.7 Å². The molecule has 0 bridgehead atoms. The molecule has 0 radical (unpaired) electrons. The Kier molecular flexibility index (Phi) is 6.08. The summed E-state index contributed by atoms with van der Waals surface area (Å²) < 4.78 is 5.30. The second kappa shape index (κ2) is 7.33. The van der Waals surface area contributed by atoms with Crippen LogP contribution in [0.4, 0.5) is 5.13 Å². The second-order valence-electron chi connectivity index (χ2n) is 4.07. The van der Waals surface area contributed by atoms with E-state index in [2.05, 4.69) is 28.5 Å². The first-order valence-corrected chi connectivity index (χ1v) is 6.55. The Morgan fingerprint density at radius 3 is 2.79 bits per heavy atom. The van der Waals surface area contributed by atoms with Gasteiger partial charge in [0.05, 0.1) is 7.11 Å². The minimum absolute atomic E-state index is 0. The number of hydrogen-bond acceptors (Lipinski definition) is 5. The summed E-state index contributed by atoms with van der Waals surface area (Å²) >= 11 is 1.51. The molecule has 2 rings (SSSR count). The summed E-state index contributed by atoms with van der Waals surface area (Å²) in [6.07, 6.45) is 1.81. The number of nitrogen functional groups attached to an aromatic ring is 1. The number of ether oxygens (including phenoxy) is 1. The van der Waals surface area contributed by atoms with E-state index in [9.17, 15) is 0 Å². The van der Waals surface area contributed by atoms with Gasteiger partial charge in [-0.15, -0.1) is 23.7 Å². The van der Waals surface area contributed by atoms with Gasteiger partial charge < -0.3 is 15.8 Å². The molecular formula is C13H18ClN3OS. The van der Waals surface area contributed by atoms with Crippen LogP contribution < -0.4 is 15.8 Å². The molecule has 0 atom stereocenters. The van der Waals surface area contributed by atoms with Crippen LogP contribution in [0.1, 0.15) is 16.0 Å². The minimum atomic E-state index is 0. The third-order valence-electron chi connectivity index (χ3n) is 2.67. The number of halogens is 1. The van der Waals surface area contributed by atoms with Gasteiger partial charge in [-0.3, -0.25) is 0 Å². The third-order valence-corrected chi connectivity index (χ3v) is 3.50. The maximum atomic E-state index is 5.58. The molecule has 0 saturated carbocycles. The Labute approximate surface area is 123 Å². The lowest BCUT2D eigenvalue weighted by Gasteiger charge is -2.08. The summed E-state index contributed by atoms with van der Waals surface area (Å²) in [7, 11) is 1.69. The summed E-state index contributed by atoms with van der Waals surface area (Å²) in [4.78, 5) is 5.16. The van der Waals surface area contributed by atoms with Gasteiger partial charge in [0.15, 0.2) is 5.13 Å². The number of nitrogens with two attached hydrogens (primary N) is 1. The van der Waals surface area contributed by atoms with Crippen molar-refractivity contribution >= 4 is 28.9 Å². The first-order valence-electron chi connectivity index (χ1n) is 5.73. The molecule has 0 saturated heterocycles. The van der Waals surface area contributed by atoms with Gasteiger partial charge in [0.1, 0.15) is 5.75 Å². The molecule has 0 aliphatic carbocycles. The van der Waals surface area contributed by atoms with Crippen LogP contribution in [0.5, 0.6) is 5.75 Å². The first kappa shape index (κ1) is 15.8. The summed E-state index contributed by atoms with van der Waals surface area (Å²) in [5.74, 6) is 0.927. The molecule has 19 heavy (non-hydrogen) atoms. The van der Waals surface area contributed by atoms with Gasteiger partial charge in [0, 0.05) is 24.2 Å². The Morgan fingerprint density at radius 2 is 2.16 bits per heavy atom. The number of nitrogens with one attached hydrogen (secondary N) is 1. The number of methoxy groups -OCH3 is 1. The molecule has 1 heterocycles. The Morgan fingerprint density at radius 1 is 1.37 bits per heavy atom. The monoisotopic (exact) mass is 299 g/mol. The summed E-state index contributed by atoms with van der Waals surface area (Å²) in [6, 6.07) is 6.23. The Balaban J connectivity index is 0.00000180. The highest BCUT2D eigenvalue weighted by Crippen LogP contribution is 2.19. The van der Waals surface area contributed by atoms with Crippen molar-refractivity contribution < 1.29 is 4.74 Å². The van der Waals surface area contributed by atoms with Crippen molar-refractivity contribution in [2.75, 3.05) is 12.8 Å². The van der Waals surface area contributed by atoms with Crippen LogP contribution in [-0.2, 0) is 13.1 Å². The molecular weight excluding hydrogens is 282 g/mol. The van der Waals surface area contributed by atoms with Gasteiger partial charge in [-0.1, -0.05) is 12.1 Å². The molecule has 0 aliphatic heterocycles. The second-order valence-corrected chi connectivity index (χ2v) is 5.22.